The Bertz CT molecular complexity index is 711. The zero-order valence-electron chi connectivity index (χ0n) is 9.89. The highest BCUT2D eigenvalue weighted by atomic mass is 19.1. The molecule has 3 aromatic rings. The van der Waals surface area contributed by atoms with E-state index in [9.17, 15) is 4.39 Å². The SMILES string of the molecule is Cc1cccc(F)c1-n1cnc2cc(N)ccc21. The number of anilines is 1. The summed E-state index contributed by atoms with van der Waals surface area (Å²) in [6.07, 6.45) is 1.62. The van der Waals surface area contributed by atoms with E-state index in [-0.39, 0.29) is 5.82 Å². The van der Waals surface area contributed by atoms with Crippen LogP contribution in [0.3, 0.4) is 0 Å². The first kappa shape index (κ1) is 10.8. The number of aryl methyl sites for hydroxylation is 1. The first-order valence-corrected chi connectivity index (χ1v) is 5.65. The van der Waals surface area contributed by atoms with Gasteiger partial charge in [0.2, 0.25) is 0 Å². The van der Waals surface area contributed by atoms with Crippen molar-refractivity contribution in [2.24, 2.45) is 0 Å². The molecule has 2 N–H and O–H groups in total. The van der Waals surface area contributed by atoms with E-state index in [0.29, 0.717) is 11.4 Å². The lowest BCUT2D eigenvalue weighted by Gasteiger charge is -2.09. The molecule has 0 saturated carbocycles. The van der Waals surface area contributed by atoms with Crippen molar-refractivity contribution in [2.45, 2.75) is 6.92 Å². The summed E-state index contributed by atoms with van der Waals surface area (Å²) in [5, 5.41) is 0. The number of aromatic nitrogens is 2. The fraction of sp³-hybridized carbons (Fsp3) is 0.0714. The van der Waals surface area contributed by atoms with Crippen molar-refractivity contribution in [2.75, 3.05) is 5.73 Å². The molecule has 3 rings (SSSR count). The number of halogens is 1. The molecule has 3 nitrogen and oxygen atoms in total. The fourth-order valence-corrected chi connectivity index (χ4v) is 2.14. The third kappa shape index (κ3) is 1.54. The first-order valence-electron chi connectivity index (χ1n) is 5.65. The van der Waals surface area contributed by atoms with E-state index >= 15 is 0 Å². The molecule has 0 atom stereocenters. The Morgan fingerprint density at radius 2 is 2.06 bits per heavy atom. The van der Waals surface area contributed by atoms with E-state index in [1.165, 1.54) is 6.07 Å². The Morgan fingerprint density at radius 3 is 2.83 bits per heavy atom. The average molecular weight is 241 g/mol. The van der Waals surface area contributed by atoms with Gasteiger partial charge in [0.25, 0.3) is 0 Å². The summed E-state index contributed by atoms with van der Waals surface area (Å²) in [7, 11) is 0. The van der Waals surface area contributed by atoms with E-state index in [0.717, 1.165) is 16.6 Å². The van der Waals surface area contributed by atoms with Gasteiger partial charge in [-0.3, -0.25) is 4.57 Å². The molecule has 2 aromatic carbocycles. The van der Waals surface area contributed by atoms with Gasteiger partial charge in [-0.1, -0.05) is 12.1 Å². The number of benzene rings is 2. The lowest BCUT2D eigenvalue weighted by molar-refractivity contribution is 0.618. The maximum atomic E-state index is 13.9. The fourth-order valence-electron chi connectivity index (χ4n) is 2.14. The molecule has 0 aliphatic carbocycles. The van der Waals surface area contributed by atoms with Gasteiger partial charge in [0.15, 0.2) is 0 Å². The van der Waals surface area contributed by atoms with Crippen molar-refractivity contribution in [3.63, 3.8) is 0 Å². The molecule has 0 unspecified atom stereocenters. The molecule has 0 fully saturated rings. The van der Waals surface area contributed by atoms with Crippen LogP contribution in [0.15, 0.2) is 42.7 Å². The van der Waals surface area contributed by atoms with Crippen LogP contribution in [0, 0.1) is 12.7 Å². The van der Waals surface area contributed by atoms with Gasteiger partial charge in [-0.15, -0.1) is 0 Å². The van der Waals surface area contributed by atoms with E-state index < -0.39 is 0 Å². The molecule has 0 spiro atoms. The standard InChI is InChI=1S/C14H12FN3/c1-9-3-2-4-11(15)14(9)18-8-17-12-7-10(16)5-6-13(12)18/h2-8H,16H2,1H3. The van der Waals surface area contributed by atoms with Gasteiger partial charge < -0.3 is 5.73 Å². The third-order valence-corrected chi connectivity index (χ3v) is 3.00. The molecule has 0 bridgehead atoms. The Hall–Kier alpha value is -2.36. The van der Waals surface area contributed by atoms with E-state index in [1.54, 1.807) is 29.1 Å². The number of fused-ring (bicyclic) bond motifs is 1. The molecule has 4 heteroatoms. The molecule has 0 radical (unpaired) electrons. The molecule has 0 saturated heterocycles. The number of nitrogens with two attached hydrogens (primary N) is 1. The van der Waals surface area contributed by atoms with Crippen molar-refractivity contribution in [3.05, 3.63) is 54.1 Å². The Morgan fingerprint density at radius 1 is 1.22 bits per heavy atom. The predicted octanol–water partition coefficient (Wildman–Crippen LogP) is 3.06. The molecule has 18 heavy (non-hydrogen) atoms. The summed E-state index contributed by atoms with van der Waals surface area (Å²) < 4.78 is 15.7. The van der Waals surface area contributed by atoms with Gasteiger partial charge in [-0.05, 0) is 36.8 Å². The highest BCUT2D eigenvalue weighted by Crippen LogP contribution is 2.24. The van der Waals surface area contributed by atoms with Crippen molar-refractivity contribution < 1.29 is 4.39 Å². The average Bonchev–Trinajstić information content (AvgIpc) is 2.72. The number of hydrogen-bond donors (Lipinski definition) is 1. The minimum atomic E-state index is -0.258. The smallest absolute Gasteiger partial charge is 0.147 e. The summed E-state index contributed by atoms with van der Waals surface area (Å²) in [5.41, 5.74) is 9.36. The van der Waals surface area contributed by atoms with Gasteiger partial charge in [-0.25, -0.2) is 9.37 Å². The number of imidazole rings is 1. The molecular weight excluding hydrogens is 229 g/mol. The van der Waals surface area contributed by atoms with E-state index in [4.69, 9.17) is 5.73 Å². The molecule has 1 heterocycles. The number of nitrogen functional groups attached to an aromatic ring is 1. The second-order valence-electron chi connectivity index (χ2n) is 4.27. The molecule has 0 aliphatic heterocycles. The van der Waals surface area contributed by atoms with Crippen LogP contribution < -0.4 is 5.73 Å². The lowest BCUT2D eigenvalue weighted by atomic mass is 10.2. The monoisotopic (exact) mass is 241 g/mol. The summed E-state index contributed by atoms with van der Waals surface area (Å²) in [6.45, 7) is 1.88. The maximum absolute atomic E-state index is 13.9. The van der Waals surface area contributed by atoms with Gasteiger partial charge in [0.05, 0.1) is 16.7 Å². The largest absolute Gasteiger partial charge is 0.399 e. The van der Waals surface area contributed by atoms with Crippen LogP contribution in [0.1, 0.15) is 5.56 Å². The van der Waals surface area contributed by atoms with Crippen LogP contribution in [0.4, 0.5) is 10.1 Å². The Labute approximate surface area is 104 Å². The van der Waals surface area contributed by atoms with Crippen LogP contribution in [0.5, 0.6) is 0 Å². The normalized spacial score (nSPS) is 11.0. The van der Waals surface area contributed by atoms with Crippen LogP contribution in [-0.4, -0.2) is 9.55 Å². The van der Waals surface area contributed by atoms with E-state index in [1.807, 2.05) is 19.1 Å². The molecule has 1 aromatic heterocycles. The molecule has 0 amide bonds. The van der Waals surface area contributed by atoms with Crippen molar-refractivity contribution in [1.29, 1.82) is 0 Å². The van der Waals surface area contributed by atoms with Gasteiger partial charge in [0.1, 0.15) is 12.1 Å². The van der Waals surface area contributed by atoms with Gasteiger partial charge in [0, 0.05) is 5.69 Å². The third-order valence-electron chi connectivity index (χ3n) is 3.00. The molecule has 0 aliphatic rings. The van der Waals surface area contributed by atoms with E-state index in [2.05, 4.69) is 4.98 Å². The van der Waals surface area contributed by atoms with Crippen LogP contribution >= 0.6 is 0 Å². The number of nitrogens with zero attached hydrogens (tertiary/aromatic N) is 2. The van der Waals surface area contributed by atoms with Crippen LogP contribution in [0.2, 0.25) is 0 Å². The van der Waals surface area contributed by atoms with Crippen LogP contribution in [-0.2, 0) is 0 Å². The second-order valence-corrected chi connectivity index (χ2v) is 4.27. The van der Waals surface area contributed by atoms with Gasteiger partial charge >= 0.3 is 0 Å². The minimum absolute atomic E-state index is 0.258. The number of para-hydroxylation sites is 1. The highest BCUT2D eigenvalue weighted by Gasteiger charge is 2.11. The molecule has 90 valence electrons. The van der Waals surface area contributed by atoms with Gasteiger partial charge in [-0.2, -0.15) is 0 Å². The zero-order chi connectivity index (χ0) is 12.7. The first-order chi connectivity index (χ1) is 8.66. The lowest BCUT2D eigenvalue weighted by Crippen LogP contribution is -1.99. The van der Waals surface area contributed by atoms with Crippen LogP contribution in [0.25, 0.3) is 16.7 Å². The summed E-state index contributed by atoms with van der Waals surface area (Å²) in [4.78, 5) is 4.25. The maximum Gasteiger partial charge on any atom is 0.147 e. The Kier molecular flexibility index (Phi) is 2.30. The highest BCUT2D eigenvalue weighted by molar-refractivity contribution is 5.81. The molecular formula is C14H12FN3. The summed E-state index contributed by atoms with van der Waals surface area (Å²) in [6, 6.07) is 10.4. The predicted molar refractivity (Wildman–Crippen MR) is 70.2 cm³/mol. The van der Waals surface area contributed by atoms with Crippen molar-refractivity contribution >= 4 is 16.7 Å². The minimum Gasteiger partial charge on any atom is -0.399 e. The second kappa shape index (κ2) is 3.84. The quantitative estimate of drug-likeness (QED) is 0.665. The Balaban J connectivity index is 2.32. The number of rotatable bonds is 1. The zero-order valence-corrected chi connectivity index (χ0v) is 9.89. The summed E-state index contributed by atoms with van der Waals surface area (Å²) >= 11 is 0. The van der Waals surface area contributed by atoms with Crippen molar-refractivity contribution in [3.8, 4) is 5.69 Å². The number of hydrogen-bond acceptors (Lipinski definition) is 2. The van der Waals surface area contributed by atoms with Crippen molar-refractivity contribution in [1.82, 2.24) is 9.55 Å². The summed E-state index contributed by atoms with van der Waals surface area (Å²) in [5.74, 6) is -0.258. The topological polar surface area (TPSA) is 43.8 Å².